The van der Waals surface area contributed by atoms with Crippen molar-refractivity contribution in [3.63, 3.8) is 0 Å². The van der Waals surface area contributed by atoms with Crippen LogP contribution in [0.5, 0.6) is 5.75 Å². The highest BCUT2D eigenvalue weighted by Gasteiger charge is 2.17. The lowest BCUT2D eigenvalue weighted by molar-refractivity contribution is -0.917. The second-order valence-corrected chi connectivity index (χ2v) is 6.42. The molecule has 130 valence electrons. The summed E-state index contributed by atoms with van der Waals surface area (Å²) in [6.45, 7) is 0.699. The first-order valence-corrected chi connectivity index (χ1v) is 8.07. The zero-order chi connectivity index (χ0) is 18.6. The minimum absolute atomic E-state index is 0.171. The number of nitrogens with zero attached hydrogens (tertiary/aromatic N) is 3. The molecule has 8 nitrogen and oxygen atoms in total. The topological polar surface area (TPSA) is 103 Å². The van der Waals surface area contributed by atoms with Gasteiger partial charge in [-0.25, -0.2) is 0 Å². The van der Waals surface area contributed by atoms with Gasteiger partial charge < -0.3 is 9.64 Å². The number of quaternary nitrogens is 1. The molecular formula is C16H16BrN4O4+. The first kappa shape index (κ1) is 18.6. The maximum absolute atomic E-state index is 12.2. The number of benzene rings is 1. The number of nitriles is 1. The predicted molar refractivity (Wildman–Crippen MR) is 93.4 cm³/mol. The van der Waals surface area contributed by atoms with E-state index in [0.29, 0.717) is 12.3 Å². The van der Waals surface area contributed by atoms with Crippen LogP contribution in [0.15, 0.2) is 39.7 Å². The molecule has 1 unspecified atom stereocenters. The molecule has 0 bridgehead atoms. The summed E-state index contributed by atoms with van der Waals surface area (Å²) in [5, 5.41) is 20.0. The van der Waals surface area contributed by atoms with Gasteiger partial charge in [0.05, 0.1) is 25.3 Å². The van der Waals surface area contributed by atoms with E-state index in [4.69, 9.17) is 10.00 Å². The molecule has 1 heterocycles. The lowest BCUT2D eigenvalue weighted by atomic mass is 10.2. The Morgan fingerprint density at radius 3 is 2.76 bits per heavy atom. The number of rotatable bonds is 6. The highest BCUT2D eigenvalue weighted by molar-refractivity contribution is 9.10. The summed E-state index contributed by atoms with van der Waals surface area (Å²) in [6.07, 6.45) is 1.16. The number of pyridine rings is 1. The molecule has 2 rings (SSSR count). The van der Waals surface area contributed by atoms with Crippen molar-refractivity contribution in [1.82, 2.24) is 4.57 Å². The number of nitro groups is 1. The minimum atomic E-state index is -0.622. The molecule has 9 heteroatoms. The lowest BCUT2D eigenvalue weighted by Gasteiger charge is -2.17. The van der Waals surface area contributed by atoms with Crippen LogP contribution in [0.2, 0.25) is 0 Å². The maximum atomic E-state index is 12.2. The molecule has 1 N–H and O–H groups in total. The predicted octanol–water partition coefficient (Wildman–Crippen LogP) is 1.07. The van der Waals surface area contributed by atoms with Crippen molar-refractivity contribution in [1.29, 1.82) is 5.26 Å². The van der Waals surface area contributed by atoms with Gasteiger partial charge in [-0.3, -0.25) is 19.5 Å². The van der Waals surface area contributed by atoms with Gasteiger partial charge in [0, 0.05) is 16.1 Å². The molecule has 0 saturated carbocycles. The van der Waals surface area contributed by atoms with Gasteiger partial charge in [0.25, 0.3) is 11.2 Å². The van der Waals surface area contributed by atoms with Crippen molar-refractivity contribution in [3.05, 3.63) is 66.5 Å². The second kappa shape index (κ2) is 7.92. The molecule has 0 aliphatic carbocycles. The van der Waals surface area contributed by atoms with Crippen LogP contribution in [0.25, 0.3) is 0 Å². The van der Waals surface area contributed by atoms with E-state index in [9.17, 15) is 14.9 Å². The van der Waals surface area contributed by atoms with Crippen molar-refractivity contribution in [2.24, 2.45) is 0 Å². The number of hydrogen-bond donors (Lipinski definition) is 1. The fourth-order valence-electron chi connectivity index (χ4n) is 2.47. The monoisotopic (exact) mass is 407 g/mol. The smallest absolute Gasteiger partial charge is 0.287 e. The third kappa shape index (κ3) is 4.43. The number of halogens is 1. The third-order valence-corrected chi connectivity index (χ3v) is 4.07. The molecule has 0 spiro atoms. The van der Waals surface area contributed by atoms with Gasteiger partial charge in [0.1, 0.15) is 23.9 Å². The van der Waals surface area contributed by atoms with E-state index in [1.54, 1.807) is 13.2 Å². The van der Waals surface area contributed by atoms with E-state index in [2.05, 4.69) is 15.9 Å². The second-order valence-electron chi connectivity index (χ2n) is 5.50. The van der Waals surface area contributed by atoms with E-state index in [1.807, 2.05) is 25.2 Å². The van der Waals surface area contributed by atoms with Crippen molar-refractivity contribution < 1.29 is 14.6 Å². The molecule has 1 aromatic carbocycles. The Kier molecular flexibility index (Phi) is 5.90. The molecule has 0 saturated heterocycles. The summed E-state index contributed by atoms with van der Waals surface area (Å²) >= 11 is 3.41. The summed E-state index contributed by atoms with van der Waals surface area (Å²) in [5.41, 5.74) is -0.159. The standard InChI is InChI=1S/C16H15BrN4O4/c1-19(8-12-5-13(17)3-4-15(12)25-2)10-20-9-14(21(23)24)6-11(7-18)16(20)22/h3-6,9H,8,10H2,1-2H3/p+1. The molecular weight excluding hydrogens is 392 g/mol. The molecule has 0 amide bonds. The quantitative estimate of drug-likeness (QED) is 0.569. The average molecular weight is 408 g/mol. The van der Waals surface area contributed by atoms with E-state index >= 15 is 0 Å². The highest BCUT2D eigenvalue weighted by atomic mass is 79.9. The largest absolute Gasteiger partial charge is 0.496 e. The summed E-state index contributed by atoms with van der Waals surface area (Å²) in [4.78, 5) is 23.5. The summed E-state index contributed by atoms with van der Waals surface area (Å²) in [7, 11) is 3.42. The van der Waals surface area contributed by atoms with Crippen LogP contribution >= 0.6 is 15.9 Å². The average Bonchev–Trinajstić information content (AvgIpc) is 2.56. The Morgan fingerprint density at radius 2 is 2.16 bits per heavy atom. The van der Waals surface area contributed by atoms with E-state index in [0.717, 1.165) is 27.2 Å². The number of nitrogens with one attached hydrogen (secondary N) is 1. The van der Waals surface area contributed by atoms with E-state index in [-0.39, 0.29) is 17.9 Å². The highest BCUT2D eigenvalue weighted by Crippen LogP contribution is 2.22. The Morgan fingerprint density at radius 1 is 1.44 bits per heavy atom. The summed E-state index contributed by atoms with van der Waals surface area (Å²) < 4.78 is 7.42. The number of aromatic nitrogens is 1. The molecule has 25 heavy (non-hydrogen) atoms. The van der Waals surface area contributed by atoms with Crippen LogP contribution in [0.3, 0.4) is 0 Å². The first-order chi connectivity index (χ1) is 11.8. The van der Waals surface area contributed by atoms with Gasteiger partial charge >= 0.3 is 0 Å². The van der Waals surface area contributed by atoms with Gasteiger partial charge in [0.15, 0.2) is 6.67 Å². The number of methoxy groups -OCH3 is 1. The van der Waals surface area contributed by atoms with Crippen LogP contribution in [0, 0.1) is 21.4 Å². The Bertz CT molecular complexity index is 904. The van der Waals surface area contributed by atoms with Gasteiger partial charge in [-0.15, -0.1) is 0 Å². The molecule has 0 radical (unpaired) electrons. The van der Waals surface area contributed by atoms with Crippen molar-refractivity contribution in [2.45, 2.75) is 13.2 Å². The SMILES string of the molecule is COc1ccc(Br)cc1C[NH+](C)Cn1cc([N+](=O)[O-])cc(C#N)c1=O. The summed E-state index contributed by atoms with van der Waals surface area (Å²) in [5.74, 6) is 0.714. The fraction of sp³-hybridized carbons (Fsp3) is 0.250. The molecule has 1 atom stereocenters. The number of ether oxygens (including phenoxy) is 1. The third-order valence-electron chi connectivity index (χ3n) is 3.58. The zero-order valence-corrected chi connectivity index (χ0v) is 15.2. The van der Waals surface area contributed by atoms with Crippen molar-refractivity contribution in [2.75, 3.05) is 14.2 Å². The normalized spacial score (nSPS) is 11.6. The van der Waals surface area contributed by atoms with Crippen LogP contribution < -0.4 is 15.2 Å². The van der Waals surface area contributed by atoms with Crippen LogP contribution in [-0.2, 0) is 13.2 Å². The van der Waals surface area contributed by atoms with Crippen molar-refractivity contribution >= 4 is 21.6 Å². The molecule has 0 fully saturated rings. The Labute approximate surface area is 152 Å². The van der Waals surface area contributed by atoms with Gasteiger partial charge in [0.2, 0.25) is 0 Å². The fourth-order valence-corrected chi connectivity index (χ4v) is 2.88. The minimum Gasteiger partial charge on any atom is -0.496 e. The van der Waals surface area contributed by atoms with E-state index < -0.39 is 10.5 Å². The molecule has 0 aliphatic rings. The Balaban J connectivity index is 2.29. The van der Waals surface area contributed by atoms with Gasteiger partial charge in [-0.05, 0) is 18.2 Å². The zero-order valence-electron chi connectivity index (χ0n) is 13.7. The molecule has 0 aliphatic heterocycles. The molecule has 1 aromatic heterocycles. The molecule has 2 aromatic rings. The maximum Gasteiger partial charge on any atom is 0.287 e. The lowest BCUT2D eigenvalue weighted by Crippen LogP contribution is -3.07. The van der Waals surface area contributed by atoms with Crippen LogP contribution in [0.1, 0.15) is 11.1 Å². The van der Waals surface area contributed by atoms with Crippen LogP contribution in [0.4, 0.5) is 5.69 Å². The summed E-state index contributed by atoms with van der Waals surface area (Å²) in [6, 6.07) is 8.31. The van der Waals surface area contributed by atoms with Gasteiger partial charge in [-0.1, -0.05) is 15.9 Å². The van der Waals surface area contributed by atoms with E-state index in [1.165, 1.54) is 4.57 Å². The first-order valence-electron chi connectivity index (χ1n) is 7.28. The van der Waals surface area contributed by atoms with Crippen molar-refractivity contribution in [3.8, 4) is 11.8 Å². The van der Waals surface area contributed by atoms with Gasteiger partial charge in [-0.2, -0.15) is 5.26 Å². The van der Waals surface area contributed by atoms with Crippen LogP contribution in [-0.4, -0.2) is 23.6 Å². The Hall–Kier alpha value is -2.70. The number of hydrogen-bond acceptors (Lipinski definition) is 5.